The summed E-state index contributed by atoms with van der Waals surface area (Å²) < 4.78 is 0. The number of aliphatic hydroxyl groups is 1. The third-order valence-corrected chi connectivity index (χ3v) is 3.37. The van der Waals surface area contributed by atoms with Gasteiger partial charge in [0.1, 0.15) is 0 Å². The Morgan fingerprint density at radius 3 is 2.39 bits per heavy atom. The summed E-state index contributed by atoms with van der Waals surface area (Å²) in [4.78, 5) is 4.27. The van der Waals surface area contributed by atoms with Crippen molar-refractivity contribution < 1.29 is 5.11 Å². The molecular weight excluding hydrogens is 222 g/mol. The number of hydrogen-bond acceptors (Lipinski definition) is 2. The van der Waals surface area contributed by atoms with E-state index < -0.39 is 5.60 Å². The monoisotopic (exact) mass is 241 g/mol. The van der Waals surface area contributed by atoms with E-state index in [1.54, 1.807) is 6.20 Å². The second-order valence-electron chi connectivity index (χ2n) is 4.74. The van der Waals surface area contributed by atoms with Crippen molar-refractivity contribution >= 4 is 0 Å². The van der Waals surface area contributed by atoms with E-state index in [0.29, 0.717) is 12.8 Å². The lowest BCUT2D eigenvalue weighted by molar-refractivity contribution is 0.0324. The molecule has 2 aromatic rings. The fourth-order valence-corrected chi connectivity index (χ4v) is 2.11. The summed E-state index contributed by atoms with van der Waals surface area (Å²) >= 11 is 0. The molecule has 18 heavy (non-hydrogen) atoms. The summed E-state index contributed by atoms with van der Waals surface area (Å²) in [6, 6.07) is 14.0. The minimum atomic E-state index is -0.831. The number of nitrogens with zero attached hydrogens (tertiary/aromatic N) is 1. The lowest BCUT2D eigenvalue weighted by Crippen LogP contribution is -2.27. The first-order valence-corrected chi connectivity index (χ1v) is 6.33. The molecule has 94 valence electrons. The Morgan fingerprint density at radius 2 is 1.83 bits per heavy atom. The maximum absolute atomic E-state index is 10.8. The molecule has 2 heteroatoms. The van der Waals surface area contributed by atoms with Crippen molar-refractivity contribution in [3.63, 3.8) is 0 Å². The Hall–Kier alpha value is -1.67. The van der Waals surface area contributed by atoms with Gasteiger partial charge >= 0.3 is 0 Å². The lowest BCUT2D eigenvalue weighted by Gasteiger charge is -2.27. The van der Waals surface area contributed by atoms with Crippen molar-refractivity contribution in [2.45, 2.75) is 32.3 Å². The van der Waals surface area contributed by atoms with Gasteiger partial charge in [-0.3, -0.25) is 4.98 Å². The number of hydrogen-bond donors (Lipinski definition) is 1. The minimum Gasteiger partial charge on any atom is -0.385 e. The van der Waals surface area contributed by atoms with Crippen LogP contribution in [0.25, 0.3) is 0 Å². The Bertz CT molecular complexity index is 492. The SMILES string of the molecule is CCC(O)(Cc1ccccc1)c1ccc(C)nc1. The molecule has 1 unspecified atom stereocenters. The van der Waals surface area contributed by atoms with Gasteiger partial charge in [-0.25, -0.2) is 0 Å². The molecule has 0 spiro atoms. The van der Waals surface area contributed by atoms with Gasteiger partial charge < -0.3 is 5.11 Å². The summed E-state index contributed by atoms with van der Waals surface area (Å²) in [5, 5.41) is 10.8. The van der Waals surface area contributed by atoms with Crippen LogP contribution in [-0.4, -0.2) is 10.1 Å². The average Bonchev–Trinajstić information content (AvgIpc) is 2.40. The highest BCUT2D eigenvalue weighted by Crippen LogP contribution is 2.28. The molecule has 1 heterocycles. The minimum absolute atomic E-state index is 0.620. The van der Waals surface area contributed by atoms with Crippen LogP contribution >= 0.6 is 0 Å². The van der Waals surface area contributed by atoms with Gasteiger partial charge in [0, 0.05) is 23.9 Å². The molecule has 0 radical (unpaired) electrons. The zero-order valence-electron chi connectivity index (χ0n) is 10.9. The predicted molar refractivity (Wildman–Crippen MR) is 73.3 cm³/mol. The quantitative estimate of drug-likeness (QED) is 0.891. The van der Waals surface area contributed by atoms with Crippen LogP contribution in [0.5, 0.6) is 0 Å². The number of rotatable bonds is 4. The maximum Gasteiger partial charge on any atom is 0.0948 e. The van der Waals surface area contributed by atoms with Crippen LogP contribution in [0.15, 0.2) is 48.7 Å². The third kappa shape index (κ3) is 2.77. The highest BCUT2D eigenvalue weighted by Gasteiger charge is 2.27. The molecule has 1 aromatic carbocycles. The van der Waals surface area contributed by atoms with E-state index in [0.717, 1.165) is 16.8 Å². The molecule has 0 saturated carbocycles. The van der Waals surface area contributed by atoms with Crippen molar-refractivity contribution in [2.75, 3.05) is 0 Å². The first-order valence-electron chi connectivity index (χ1n) is 6.33. The van der Waals surface area contributed by atoms with Crippen LogP contribution in [0.1, 0.15) is 30.2 Å². The summed E-state index contributed by atoms with van der Waals surface area (Å²) in [7, 11) is 0. The maximum atomic E-state index is 10.8. The van der Waals surface area contributed by atoms with Crippen molar-refractivity contribution in [2.24, 2.45) is 0 Å². The van der Waals surface area contributed by atoms with Gasteiger partial charge in [0.05, 0.1) is 5.60 Å². The van der Waals surface area contributed by atoms with Gasteiger partial charge in [-0.2, -0.15) is 0 Å². The van der Waals surface area contributed by atoms with Crippen LogP contribution in [0.2, 0.25) is 0 Å². The summed E-state index contributed by atoms with van der Waals surface area (Å²) in [5.74, 6) is 0. The van der Waals surface area contributed by atoms with Crippen molar-refractivity contribution in [3.8, 4) is 0 Å². The highest BCUT2D eigenvalue weighted by atomic mass is 16.3. The zero-order valence-corrected chi connectivity index (χ0v) is 10.9. The van der Waals surface area contributed by atoms with Crippen LogP contribution in [0, 0.1) is 6.92 Å². The standard InChI is InChI=1S/C16H19NO/c1-3-16(18,11-14-7-5-4-6-8-14)15-10-9-13(2)17-12-15/h4-10,12,18H,3,11H2,1-2H3. The van der Waals surface area contributed by atoms with E-state index in [1.807, 2.05) is 56.3 Å². The molecular formula is C16H19NO. The van der Waals surface area contributed by atoms with Gasteiger partial charge in [-0.15, -0.1) is 0 Å². The third-order valence-electron chi connectivity index (χ3n) is 3.37. The number of aromatic nitrogens is 1. The van der Waals surface area contributed by atoms with Gasteiger partial charge in [-0.05, 0) is 25.0 Å². The Morgan fingerprint density at radius 1 is 1.11 bits per heavy atom. The topological polar surface area (TPSA) is 33.1 Å². The molecule has 0 bridgehead atoms. The Labute approximate surface area is 108 Å². The van der Waals surface area contributed by atoms with Crippen molar-refractivity contribution in [3.05, 3.63) is 65.5 Å². The van der Waals surface area contributed by atoms with Gasteiger partial charge in [0.2, 0.25) is 0 Å². The molecule has 1 atom stereocenters. The first-order chi connectivity index (χ1) is 8.64. The van der Waals surface area contributed by atoms with E-state index >= 15 is 0 Å². The molecule has 2 rings (SSSR count). The van der Waals surface area contributed by atoms with Crippen LogP contribution in [0.3, 0.4) is 0 Å². The second kappa shape index (κ2) is 5.32. The highest BCUT2D eigenvalue weighted by molar-refractivity contribution is 5.25. The van der Waals surface area contributed by atoms with E-state index in [4.69, 9.17) is 0 Å². The molecule has 1 aromatic heterocycles. The molecule has 0 fully saturated rings. The fraction of sp³-hybridized carbons (Fsp3) is 0.312. The van der Waals surface area contributed by atoms with E-state index in [1.165, 1.54) is 0 Å². The lowest BCUT2D eigenvalue weighted by atomic mass is 9.86. The molecule has 0 aliphatic rings. The molecule has 2 nitrogen and oxygen atoms in total. The summed E-state index contributed by atoms with van der Waals surface area (Å²) in [6.45, 7) is 3.95. The van der Waals surface area contributed by atoms with Crippen molar-refractivity contribution in [1.29, 1.82) is 0 Å². The van der Waals surface area contributed by atoms with Crippen LogP contribution in [-0.2, 0) is 12.0 Å². The molecule has 1 N–H and O–H groups in total. The van der Waals surface area contributed by atoms with Gasteiger partial charge in [0.15, 0.2) is 0 Å². The molecule has 0 saturated heterocycles. The van der Waals surface area contributed by atoms with Crippen LogP contribution < -0.4 is 0 Å². The second-order valence-corrected chi connectivity index (χ2v) is 4.74. The van der Waals surface area contributed by atoms with Crippen LogP contribution in [0.4, 0.5) is 0 Å². The summed E-state index contributed by atoms with van der Waals surface area (Å²) in [5.41, 5.74) is 2.17. The number of benzene rings is 1. The molecule has 0 aliphatic heterocycles. The van der Waals surface area contributed by atoms with Gasteiger partial charge in [0.25, 0.3) is 0 Å². The Balaban J connectivity index is 2.28. The van der Waals surface area contributed by atoms with Crippen molar-refractivity contribution in [1.82, 2.24) is 4.98 Å². The van der Waals surface area contributed by atoms with E-state index in [-0.39, 0.29) is 0 Å². The smallest absolute Gasteiger partial charge is 0.0948 e. The van der Waals surface area contributed by atoms with Gasteiger partial charge in [-0.1, -0.05) is 43.3 Å². The molecule has 0 aliphatic carbocycles. The Kier molecular flexibility index (Phi) is 3.78. The number of aryl methyl sites for hydroxylation is 1. The fourth-order valence-electron chi connectivity index (χ4n) is 2.11. The normalized spacial score (nSPS) is 14.2. The number of pyridine rings is 1. The van der Waals surface area contributed by atoms with E-state index in [9.17, 15) is 5.11 Å². The predicted octanol–water partition coefficient (Wildman–Crippen LogP) is 3.23. The summed E-state index contributed by atoms with van der Waals surface area (Å²) in [6.07, 6.45) is 3.07. The first kappa shape index (κ1) is 12.8. The average molecular weight is 241 g/mol. The zero-order chi connectivity index (χ0) is 13.0. The largest absolute Gasteiger partial charge is 0.385 e. The van der Waals surface area contributed by atoms with E-state index in [2.05, 4.69) is 4.98 Å². The molecule has 0 amide bonds.